The van der Waals surface area contributed by atoms with Crippen LogP contribution < -0.4 is 5.32 Å². The van der Waals surface area contributed by atoms with E-state index in [0.29, 0.717) is 47.0 Å². The van der Waals surface area contributed by atoms with Crippen molar-refractivity contribution < 1.29 is 9.53 Å². The summed E-state index contributed by atoms with van der Waals surface area (Å²) in [6.45, 7) is 4.18. The third-order valence-corrected chi connectivity index (χ3v) is 5.69. The molecule has 2 heterocycles. The Hall–Kier alpha value is -1.34. The van der Waals surface area contributed by atoms with Gasteiger partial charge in [-0.25, -0.2) is 0 Å². The Morgan fingerprint density at radius 2 is 1.96 bits per heavy atom. The second-order valence-corrected chi connectivity index (χ2v) is 7.22. The van der Waals surface area contributed by atoms with Crippen molar-refractivity contribution in [1.82, 2.24) is 15.1 Å². The molecule has 1 N–H and O–H groups in total. The van der Waals surface area contributed by atoms with Gasteiger partial charge in [0.05, 0.1) is 34.9 Å². The third-order valence-electron chi connectivity index (χ3n) is 4.56. The van der Waals surface area contributed by atoms with Crippen LogP contribution in [0.2, 0.25) is 10.0 Å². The van der Waals surface area contributed by atoms with Gasteiger partial charge in [-0.05, 0) is 36.8 Å². The Morgan fingerprint density at radius 3 is 2.60 bits per heavy atom. The fourth-order valence-electron chi connectivity index (χ4n) is 2.99. The lowest BCUT2D eigenvalue weighted by molar-refractivity contribution is -0.131. The predicted molar refractivity (Wildman–Crippen MR) is 103 cm³/mol. The number of carbonyl (C=O) groups excluding carboxylic acids is 1. The fourth-order valence-corrected chi connectivity index (χ4v) is 3.55. The van der Waals surface area contributed by atoms with Gasteiger partial charge in [-0.15, -0.1) is 0 Å². The van der Waals surface area contributed by atoms with Crippen LogP contribution >= 0.6 is 35.4 Å². The summed E-state index contributed by atoms with van der Waals surface area (Å²) in [4.78, 5) is 16.8. The molecule has 8 heteroatoms. The van der Waals surface area contributed by atoms with Gasteiger partial charge in [0.1, 0.15) is 0 Å². The highest BCUT2D eigenvalue weighted by atomic mass is 35.5. The zero-order valence-corrected chi connectivity index (χ0v) is 16.3. The Kier molecular flexibility index (Phi) is 5.53. The summed E-state index contributed by atoms with van der Waals surface area (Å²) in [5.74, 6) is -0.0151. The molecule has 1 atom stereocenters. The first-order chi connectivity index (χ1) is 11.9. The average Bonchev–Trinajstić information content (AvgIpc) is 2.62. The Balaban J connectivity index is 2.03. The molecule has 1 amide bonds. The highest BCUT2D eigenvalue weighted by Crippen LogP contribution is 2.34. The fraction of sp³-hybridized carbons (Fsp3) is 0.412. The molecule has 1 aromatic rings. The molecule has 0 spiro atoms. The van der Waals surface area contributed by atoms with Crippen LogP contribution in [-0.4, -0.2) is 54.2 Å². The number of morpholine rings is 1. The molecule has 0 aromatic heterocycles. The van der Waals surface area contributed by atoms with Gasteiger partial charge in [0.2, 0.25) is 0 Å². The molecule has 25 heavy (non-hydrogen) atoms. The molecular formula is C17H19Cl2N3O2S. The van der Waals surface area contributed by atoms with Crippen molar-refractivity contribution in [2.45, 2.75) is 13.0 Å². The summed E-state index contributed by atoms with van der Waals surface area (Å²) in [5, 5.41) is 4.73. The normalized spacial score (nSPS) is 21.4. The summed E-state index contributed by atoms with van der Waals surface area (Å²) in [6.07, 6.45) is 0. The van der Waals surface area contributed by atoms with Crippen molar-refractivity contribution in [1.29, 1.82) is 0 Å². The number of thiocarbonyl (C=S) groups is 1. The molecule has 1 saturated heterocycles. The number of allylic oxidation sites excluding steroid dienone is 1. The Morgan fingerprint density at radius 1 is 1.28 bits per heavy atom. The van der Waals surface area contributed by atoms with Gasteiger partial charge in [-0.1, -0.05) is 29.3 Å². The van der Waals surface area contributed by atoms with E-state index in [1.165, 1.54) is 0 Å². The molecule has 1 aromatic carbocycles. The number of benzene rings is 1. The summed E-state index contributed by atoms with van der Waals surface area (Å²) in [6, 6.07) is 5.00. The number of nitrogens with zero attached hydrogens (tertiary/aromatic N) is 2. The summed E-state index contributed by atoms with van der Waals surface area (Å²) >= 11 is 17.6. The molecular weight excluding hydrogens is 381 g/mol. The zero-order valence-electron chi connectivity index (χ0n) is 14.0. The Bertz CT molecular complexity index is 747. The van der Waals surface area contributed by atoms with Gasteiger partial charge >= 0.3 is 0 Å². The number of nitrogens with one attached hydrogen (secondary N) is 1. The maximum atomic E-state index is 13.2. The van der Waals surface area contributed by atoms with Crippen LogP contribution in [0.4, 0.5) is 0 Å². The number of hydrogen-bond acceptors (Lipinski definition) is 3. The van der Waals surface area contributed by atoms with Gasteiger partial charge in [-0.3, -0.25) is 4.79 Å². The number of amides is 1. The van der Waals surface area contributed by atoms with Crippen molar-refractivity contribution in [3.63, 3.8) is 0 Å². The van der Waals surface area contributed by atoms with E-state index in [0.717, 1.165) is 11.3 Å². The smallest absolute Gasteiger partial charge is 0.254 e. The first-order valence-corrected chi connectivity index (χ1v) is 9.13. The minimum Gasteiger partial charge on any atom is -0.378 e. The van der Waals surface area contributed by atoms with Crippen molar-refractivity contribution in [3.8, 4) is 0 Å². The van der Waals surface area contributed by atoms with Gasteiger partial charge in [0.15, 0.2) is 5.11 Å². The maximum absolute atomic E-state index is 13.2. The van der Waals surface area contributed by atoms with Crippen molar-refractivity contribution >= 4 is 46.4 Å². The number of halogens is 2. The van der Waals surface area contributed by atoms with Crippen LogP contribution in [0.5, 0.6) is 0 Å². The lowest BCUT2D eigenvalue weighted by Gasteiger charge is -2.38. The van der Waals surface area contributed by atoms with Gasteiger partial charge in [-0.2, -0.15) is 0 Å². The molecule has 1 fully saturated rings. The van der Waals surface area contributed by atoms with Crippen LogP contribution in [0.25, 0.3) is 0 Å². The van der Waals surface area contributed by atoms with Crippen LogP contribution in [-0.2, 0) is 9.53 Å². The molecule has 0 saturated carbocycles. The summed E-state index contributed by atoms with van der Waals surface area (Å²) < 4.78 is 5.35. The SMILES string of the molecule is CC1=C(C(=O)N2CCOCC2)[C@@H](c2ccc(Cl)c(Cl)c2)NC(=S)N1C. The predicted octanol–water partition coefficient (Wildman–Crippen LogP) is 2.99. The average molecular weight is 400 g/mol. The van der Waals surface area contributed by atoms with Crippen LogP contribution in [0.15, 0.2) is 29.5 Å². The molecule has 0 bridgehead atoms. The van der Waals surface area contributed by atoms with Gasteiger partial charge in [0, 0.05) is 25.8 Å². The highest BCUT2D eigenvalue weighted by Gasteiger charge is 2.35. The van der Waals surface area contributed by atoms with E-state index in [1.54, 1.807) is 12.1 Å². The summed E-state index contributed by atoms with van der Waals surface area (Å²) in [5.41, 5.74) is 2.34. The van der Waals surface area contributed by atoms with Crippen LogP contribution in [0, 0.1) is 0 Å². The minimum absolute atomic E-state index is 0.0151. The van der Waals surface area contributed by atoms with Crippen molar-refractivity contribution in [2.24, 2.45) is 0 Å². The summed E-state index contributed by atoms with van der Waals surface area (Å²) in [7, 11) is 1.85. The van der Waals surface area contributed by atoms with Crippen LogP contribution in [0.3, 0.4) is 0 Å². The molecule has 0 radical (unpaired) electrons. The molecule has 2 aliphatic rings. The van der Waals surface area contributed by atoms with Gasteiger partial charge < -0.3 is 19.9 Å². The second kappa shape index (κ2) is 7.50. The van der Waals surface area contributed by atoms with E-state index in [4.69, 9.17) is 40.2 Å². The molecule has 0 unspecified atom stereocenters. The molecule has 3 rings (SSSR count). The number of rotatable bonds is 2. The number of carbonyl (C=O) groups is 1. The van der Waals surface area contributed by atoms with E-state index in [9.17, 15) is 4.79 Å². The first kappa shape index (κ1) is 18.5. The van der Waals surface area contributed by atoms with E-state index in [-0.39, 0.29) is 11.9 Å². The monoisotopic (exact) mass is 399 g/mol. The molecule has 2 aliphatic heterocycles. The lowest BCUT2D eigenvalue weighted by atomic mass is 9.94. The molecule has 0 aliphatic carbocycles. The van der Waals surface area contributed by atoms with Crippen molar-refractivity contribution in [3.05, 3.63) is 45.1 Å². The van der Waals surface area contributed by atoms with Gasteiger partial charge in [0.25, 0.3) is 5.91 Å². The van der Waals surface area contributed by atoms with Crippen molar-refractivity contribution in [2.75, 3.05) is 33.4 Å². The molecule has 5 nitrogen and oxygen atoms in total. The lowest BCUT2D eigenvalue weighted by Crippen LogP contribution is -2.50. The quantitative estimate of drug-likeness (QED) is 0.774. The standard InChI is InChI=1S/C17H19Cl2N3O2S/c1-10-14(16(23)22-5-7-24-8-6-22)15(20-17(25)21(10)2)11-3-4-12(18)13(19)9-11/h3-4,9,15H,5-8H2,1-2H3,(H,20,25)/t15-/m1/s1. The maximum Gasteiger partial charge on any atom is 0.254 e. The van der Waals surface area contributed by atoms with E-state index < -0.39 is 0 Å². The topological polar surface area (TPSA) is 44.8 Å². The Labute approximate surface area is 162 Å². The second-order valence-electron chi connectivity index (χ2n) is 6.02. The number of hydrogen-bond donors (Lipinski definition) is 1. The molecule has 134 valence electrons. The highest BCUT2D eigenvalue weighted by molar-refractivity contribution is 7.80. The van der Waals surface area contributed by atoms with E-state index >= 15 is 0 Å². The van der Waals surface area contributed by atoms with Crippen LogP contribution in [0.1, 0.15) is 18.5 Å². The zero-order chi connectivity index (χ0) is 18.1. The minimum atomic E-state index is -0.367. The number of ether oxygens (including phenoxy) is 1. The third kappa shape index (κ3) is 3.62. The largest absolute Gasteiger partial charge is 0.378 e. The van der Waals surface area contributed by atoms with E-state index in [2.05, 4.69) is 5.32 Å². The van der Waals surface area contributed by atoms with E-state index in [1.807, 2.05) is 29.8 Å². The first-order valence-electron chi connectivity index (χ1n) is 7.97.